The van der Waals surface area contributed by atoms with Gasteiger partial charge in [-0.25, -0.2) is 4.68 Å². The summed E-state index contributed by atoms with van der Waals surface area (Å²) < 4.78 is 1.70. The van der Waals surface area contributed by atoms with Gasteiger partial charge in [-0.2, -0.15) is 0 Å². The number of rotatable bonds is 2. The lowest BCUT2D eigenvalue weighted by molar-refractivity contribution is 0.101. The van der Waals surface area contributed by atoms with Gasteiger partial charge < -0.3 is 0 Å². The molecule has 15 heavy (non-hydrogen) atoms. The number of nitrogens with zero attached hydrogens (tertiary/aromatic N) is 3. The van der Waals surface area contributed by atoms with Gasteiger partial charge >= 0.3 is 0 Å². The van der Waals surface area contributed by atoms with Crippen LogP contribution in [0.25, 0.3) is 11.3 Å². The van der Waals surface area contributed by atoms with Crippen molar-refractivity contribution in [3.8, 4) is 11.3 Å². The summed E-state index contributed by atoms with van der Waals surface area (Å²) in [6.45, 7) is 1.56. The number of hydrogen-bond acceptors (Lipinski definition) is 3. The third kappa shape index (κ3) is 1.79. The van der Waals surface area contributed by atoms with Crippen molar-refractivity contribution in [3.05, 3.63) is 36.0 Å². The number of carbonyl (C=O) groups is 1. The molecule has 76 valence electrons. The fraction of sp³-hybridized carbons (Fsp3) is 0.182. The second-order valence-corrected chi connectivity index (χ2v) is 3.38. The van der Waals surface area contributed by atoms with Crippen LogP contribution in [0.4, 0.5) is 0 Å². The van der Waals surface area contributed by atoms with Crippen LogP contribution in [0.2, 0.25) is 0 Å². The minimum Gasteiger partial charge on any atom is -0.295 e. The molecule has 0 atom stereocenters. The van der Waals surface area contributed by atoms with Crippen LogP contribution in [0.3, 0.4) is 0 Å². The Morgan fingerprint density at radius 1 is 1.27 bits per heavy atom. The summed E-state index contributed by atoms with van der Waals surface area (Å²) in [7, 11) is 1.83. The van der Waals surface area contributed by atoms with E-state index in [9.17, 15) is 4.79 Å². The number of ketones is 1. The highest BCUT2D eigenvalue weighted by Gasteiger charge is 2.04. The molecule has 0 amide bonds. The number of aryl methyl sites for hydroxylation is 1. The van der Waals surface area contributed by atoms with Gasteiger partial charge in [-0.05, 0) is 6.92 Å². The van der Waals surface area contributed by atoms with Gasteiger partial charge in [0.1, 0.15) is 0 Å². The Balaban J connectivity index is 2.40. The highest BCUT2D eigenvalue weighted by atomic mass is 16.1. The van der Waals surface area contributed by atoms with Crippen LogP contribution < -0.4 is 0 Å². The zero-order valence-electron chi connectivity index (χ0n) is 8.64. The van der Waals surface area contributed by atoms with Crippen molar-refractivity contribution in [1.29, 1.82) is 0 Å². The van der Waals surface area contributed by atoms with E-state index in [0.29, 0.717) is 5.56 Å². The monoisotopic (exact) mass is 201 g/mol. The maximum atomic E-state index is 11.1. The lowest BCUT2D eigenvalue weighted by Crippen LogP contribution is -1.95. The van der Waals surface area contributed by atoms with Crippen LogP contribution in [0.15, 0.2) is 30.5 Å². The Labute approximate surface area is 87.5 Å². The molecule has 0 N–H and O–H groups in total. The number of carbonyl (C=O) groups excluding carboxylic acids is 1. The average Bonchev–Trinajstić information content (AvgIpc) is 2.65. The molecular weight excluding hydrogens is 190 g/mol. The standard InChI is InChI=1S/C11H11N3O/c1-8(15)9-3-5-10(6-4-9)11-7-12-13-14(11)2/h3-7H,1-2H3. The Hall–Kier alpha value is -1.97. The average molecular weight is 201 g/mol. The molecule has 0 unspecified atom stereocenters. The summed E-state index contributed by atoms with van der Waals surface area (Å²) in [5.41, 5.74) is 2.66. The van der Waals surface area contributed by atoms with Crippen molar-refractivity contribution < 1.29 is 4.79 Å². The van der Waals surface area contributed by atoms with Crippen molar-refractivity contribution in [2.45, 2.75) is 6.92 Å². The van der Waals surface area contributed by atoms with E-state index >= 15 is 0 Å². The highest BCUT2D eigenvalue weighted by Crippen LogP contribution is 2.17. The number of hydrogen-bond donors (Lipinski definition) is 0. The fourth-order valence-electron chi connectivity index (χ4n) is 1.43. The Bertz CT molecular complexity index is 485. The van der Waals surface area contributed by atoms with Gasteiger partial charge in [0.15, 0.2) is 5.78 Å². The van der Waals surface area contributed by atoms with E-state index in [1.165, 1.54) is 0 Å². The van der Waals surface area contributed by atoms with Crippen LogP contribution in [0.5, 0.6) is 0 Å². The first-order valence-corrected chi connectivity index (χ1v) is 4.64. The third-order valence-electron chi connectivity index (χ3n) is 2.30. The predicted octanol–water partition coefficient (Wildman–Crippen LogP) is 1.68. The molecule has 4 nitrogen and oxygen atoms in total. The first kappa shape index (κ1) is 9.58. The number of benzene rings is 1. The Morgan fingerprint density at radius 3 is 2.40 bits per heavy atom. The Morgan fingerprint density at radius 2 is 1.93 bits per heavy atom. The number of aromatic nitrogens is 3. The molecule has 0 bridgehead atoms. The molecule has 0 saturated heterocycles. The molecule has 4 heteroatoms. The van der Waals surface area contributed by atoms with Gasteiger partial charge in [0, 0.05) is 18.2 Å². The summed E-state index contributed by atoms with van der Waals surface area (Å²) in [5, 5.41) is 7.65. The predicted molar refractivity (Wildman–Crippen MR) is 56.4 cm³/mol. The van der Waals surface area contributed by atoms with E-state index < -0.39 is 0 Å². The molecule has 0 aliphatic carbocycles. The van der Waals surface area contributed by atoms with Gasteiger partial charge in [0.25, 0.3) is 0 Å². The van der Waals surface area contributed by atoms with E-state index in [1.54, 1.807) is 17.8 Å². The molecule has 2 aromatic rings. The van der Waals surface area contributed by atoms with Crippen molar-refractivity contribution in [2.75, 3.05) is 0 Å². The van der Waals surface area contributed by atoms with E-state index in [2.05, 4.69) is 10.3 Å². The van der Waals surface area contributed by atoms with Gasteiger partial charge in [0.05, 0.1) is 11.9 Å². The van der Waals surface area contributed by atoms with Crippen LogP contribution in [-0.4, -0.2) is 20.8 Å². The zero-order chi connectivity index (χ0) is 10.8. The van der Waals surface area contributed by atoms with Crippen LogP contribution in [-0.2, 0) is 7.05 Å². The van der Waals surface area contributed by atoms with Crippen molar-refractivity contribution in [3.63, 3.8) is 0 Å². The maximum absolute atomic E-state index is 11.1. The summed E-state index contributed by atoms with van der Waals surface area (Å²) in [5.74, 6) is 0.0738. The topological polar surface area (TPSA) is 47.8 Å². The van der Waals surface area contributed by atoms with Crippen LogP contribution in [0.1, 0.15) is 17.3 Å². The van der Waals surface area contributed by atoms with Crippen molar-refractivity contribution >= 4 is 5.78 Å². The summed E-state index contributed by atoms with van der Waals surface area (Å²) >= 11 is 0. The molecule has 0 fully saturated rings. The SMILES string of the molecule is CC(=O)c1ccc(-c2cnnn2C)cc1. The first-order valence-electron chi connectivity index (χ1n) is 4.64. The fourth-order valence-corrected chi connectivity index (χ4v) is 1.43. The lowest BCUT2D eigenvalue weighted by Gasteiger charge is -2.01. The van der Waals surface area contributed by atoms with E-state index in [1.807, 2.05) is 31.3 Å². The minimum atomic E-state index is 0.0738. The molecule has 1 aromatic carbocycles. The van der Waals surface area contributed by atoms with Gasteiger partial charge in [0.2, 0.25) is 0 Å². The first-order chi connectivity index (χ1) is 7.18. The molecule has 1 aromatic heterocycles. The van der Waals surface area contributed by atoms with Crippen LogP contribution >= 0.6 is 0 Å². The second-order valence-electron chi connectivity index (χ2n) is 3.38. The van der Waals surface area contributed by atoms with Gasteiger partial charge in [-0.1, -0.05) is 29.5 Å². The molecule has 2 rings (SSSR count). The molecule has 1 heterocycles. The molecular formula is C11H11N3O. The number of Topliss-reactive ketones (excluding diaryl/α,β-unsaturated/α-hetero) is 1. The van der Waals surface area contributed by atoms with Crippen LogP contribution in [0, 0.1) is 0 Å². The molecule has 0 spiro atoms. The molecule has 0 radical (unpaired) electrons. The van der Waals surface area contributed by atoms with E-state index in [4.69, 9.17) is 0 Å². The van der Waals surface area contributed by atoms with Gasteiger partial charge in [-0.3, -0.25) is 4.79 Å². The normalized spacial score (nSPS) is 10.3. The zero-order valence-corrected chi connectivity index (χ0v) is 8.64. The second kappa shape index (κ2) is 3.65. The van der Waals surface area contributed by atoms with Gasteiger partial charge in [-0.15, -0.1) is 5.10 Å². The largest absolute Gasteiger partial charge is 0.295 e. The van der Waals surface area contributed by atoms with E-state index in [-0.39, 0.29) is 5.78 Å². The summed E-state index contributed by atoms with van der Waals surface area (Å²) in [6.07, 6.45) is 1.70. The lowest BCUT2D eigenvalue weighted by atomic mass is 10.1. The summed E-state index contributed by atoms with van der Waals surface area (Å²) in [6, 6.07) is 7.42. The molecule has 0 saturated carbocycles. The summed E-state index contributed by atoms with van der Waals surface area (Å²) in [4.78, 5) is 11.1. The Kier molecular flexibility index (Phi) is 2.33. The van der Waals surface area contributed by atoms with E-state index in [0.717, 1.165) is 11.3 Å². The molecule has 0 aliphatic rings. The van der Waals surface area contributed by atoms with Crippen molar-refractivity contribution in [1.82, 2.24) is 15.0 Å². The molecule has 0 aliphatic heterocycles. The minimum absolute atomic E-state index is 0.0738. The quantitative estimate of drug-likeness (QED) is 0.694. The maximum Gasteiger partial charge on any atom is 0.159 e. The third-order valence-corrected chi connectivity index (χ3v) is 2.30. The highest BCUT2D eigenvalue weighted by molar-refractivity contribution is 5.94. The van der Waals surface area contributed by atoms with Crippen molar-refractivity contribution in [2.24, 2.45) is 7.05 Å². The smallest absolute Gasteiger partial charge is 0.159 e.